The molecule has 1 N–H and O–H groups in total. The van der Waals surface area contributed by atoms with Crippen molar-refractivity contribution in [3.63, 3.8) is 0 Å². The molecule has 1 amide bonds. The number of ether oxygens (including phenoxy) is 3. The standard InChI is InChI=1S/C10H17NO4/c1-6(12)11-4-7-9-8(5-13-7)14-10(2,3)15-9/h7-9H,4-5H2,1-3H3,(H,11,12). The molecule has 0 aromatic heterocycles. The van der Waals surface area contributed by atoms with Crippen LogP contribution in [-0.2, 0) is 19.0 Å². The van der Waals surface area contributed by atoms with Crippen LogP contribution in [0.15, 0.2) is 0 Å². The minimum Gasteiger partial charge on any atom is -0.371 e. The summed E-state index contributed by atoms with van der Waals surface area (Å²) in [5, 5.41) is 2.73. The maximum atomic E-state index is 10.8. The van der Waals surface area contributed by atoms with Gasteiger partial charge in [0.15, 0.2) is 5.79 Å². The van der Waals surface area contributed by atoms with Crippen LogP contribution in [0.2, 0.25) is 0 Å². The van der Waals surface area contributed by atoms with Crippen molar-refractivity contribution in [2.24, 2.45) is 0 Å². The molecule has 3 unspecified atom stereocenters. The molecule has 3 atom stereocenters. The highest BCUT2D eigenvalue weighted by atomic mass is 16.8. The number of amides is 1. The third kappa shape index (κ3) is 2.30. The minimum absolute atomic E-state index is 0.00115. The normalized spacial score (nSPS) is 37.7. The summed E-state index contributed by atoms with van der Waals surface area (Å²) in [7, 11) is 0. The zero-order valence-electron chi connectivity index (χ0n) is 9.28. The van der Waals surface area contributed by atoms with Gasteiger partial charge in [0.1, 0.15) is 18.3 Å². The molecular formula is C10H17NO4. The molecule has 2 aliphatic heterocycles. The molecule has 5 heteroatoms. The molecule has 2 saturated heterocycles. The van der Waals surface area contributed by atoms with E-state index in [0.29, 0.717) is 13.2 Å². The Hall–Kier alpha value is -0.650. The van der Waals surface area contributed by atoms with E-state index in [1.165, 1.54) is 6.92 Å². The molecule has 0 aliphatic carbocycles. The fourth-order valence-electron chi connectivity index (χ4n) is 2.04. The third-order valence-corrected chi connectivity index (χ3v) is 2.61. The van der Waals surface area contributed by atoms with Crippen LogP contribution in [0.3, 0.4) is 0 Å². The summed E-state index contributed by atoms with van der Waals surface area (Å²) in [6.07, 6.45) is -0.161. The average molecular weight is 215 g/mol. The molecule has 0 radical (unpaired) electrons. The van der Waals surface area contributed by atoms with Crippen LogP contribution < -0.4 is 5.32 Å². The van der Waals surface area contributed by atoms with Gasteiger partial charge in [-0.15, -0.1) is 0 Å². The maximum absolute atomic E-state index is 10.8. The highest BCUT2D eigenvalue weighted by molar-refractivity contribution is 5.72. The molecule has 86 valence electrons. The Balaban J connectivity index is 1.91. The second kappa shape index (κ2) is 3.73. The van der Waals surface area contributed by atoms with Crippen molar-refractivity contribution in [1.82, 2.24) is 5.32 Å². The lowest BCUT2D eigenvalue weighted by Gasteiger charge is -2.21. The molecule has 15 heavy (non-hydrogen) atoms. The first-order chi connectivity index (χ1) is 6.98. The van der Waals surface area contributed by atoms with Crippen molar-refractivity contribution < 1.29 is 19.0 Å². The number of carbonyl (C=O) groups is 1. The third-order valence-electron chi connectivity index (χ3n) is 2.61. The number of rotatable bonds is 2. The summed E-state index contributed by atoms with van der Waals surface area (Å²) >= 11 is 0. The minimum atomic E-state index is -0.534. The molecule has 2 fully saturated rings. The monoisotopic (exact) mass is 215 g/mol. The van der Waals surface area contributed by atoms with Crippen LogP contribution in [0.5, 0.6) is 0 Å². The van der Waals surface area contributed by atoms with Crippen molar-refractivity contribution in [2.75, 3.05) is 13.2 Å². The summed E-state index contributed by atoms with van der Waals surface area (Å²) in [5.74, 6) is -0.589. The Morgan fingerprint density at radius 2 is 2.20 bits per heavy atom. The van der Waals surface area contributed by atoms with E-state index >= 15 is 0 Å². The summed E-state index contributed by atoms with van der Waals surface area (Å²) in [6, 6.07) is 0. The molecule has 2 heterocycles. The van der Waals surface area contributed by atoms with Crippen molar-refractivity contribution in [3.8, 4) is 0 Å². The van der Waals surface area contributed by atoms with Gasteiger partial charge in [-0.2, -0.15) is 0 Å². The first-order valence-electron chi connectivity index (χ1n) is 5.19. The lowest BCUT2D eigenvalue weighted by atomic mass is 10.1. The van der Waals surface area contributed by atoms with Crippen LogP contribution in [-0.4, -0.2) is 43.2 Å². The summed E-state index contributed by atoms with van der Waals surface area (Å²) in [4.78, 5) is 10.8. The van der Waals surface area contributed by atoms with Gasteiger partial charge < -0.3 is 19.5 Å². The van der Waals surface area contributed by atoms with Crippen LogP contribution in [0, 0.1) is 0 Å². The summed E-state index contributed by atoms with van der Waals surface area (Å²) in [5.41, 5.74) is 0. The Morgan fingerprint density at radius 1 is 1.47 bits per heavy atom. The Morgan fingerprint density at radius 3 is 2.87 bits per heavy atom. The van der Waals surface area contributed by atoms with E-state index in [0.717, 1.165) is 0 Å². The number of hydrogen-bond acceptors (Lipinski definition) is 4. The topological polar surface area (TPSA) is 56.8 Å². The molecule has 2 rings (SSSR count). The molecular weight excluding hydrogens is 198 g/mol. The molecule has 0 saturated carbocycles. The van der Waals surface area contributed by atoms with Gasteiger partial charge in [-0.3, -0.25) is 4.79 Å². The average Bonchev–Trinajstić information content (AvgIpc) is 2.56. The largest absolute Gasteiger partial charge is 0.371 e. The van der Waals surface area contributed by atoms with Gasteiger partial charge in [0, 0.05) is 13.5 Å². The second-order valence-corrected chi connectivity index (χ2v) is 4.45. The molecule has 0 aromatic rings. The zero-order chi connectivity index (χ0) is 11.1. The van der Waals surface area contributed by atoms with E-state index in [1.807, 2.05) is 13.8 Å². The second-order valence-electron chi connectivity index (χ2n) is 4.45. The summed E-state index contributed by atoms with van der Waals surface area (Å²) < 4.78 is 16.9. The smallest absolute Gasteiger partial charge is 0.216 e. The van der Waals surface area contributed by atoms with Crippen LogP contribution in [0.25, 0.3) is 0 Å². The molecule has 5 nitrogen and oxygen atoms in total. The molecule has 2 aliphatic rings. The van der Waals surface area contributed by atoms with E-state index in [4.69, 9.17) is 14.2 Å². The molecule has 0 bridgehead atoms. The lowest BCUT2D eigenvalue weighted by molar-refractivity contribution is -0.174. The molecule has 0 spiro atoms. The van der Waals surface area contributed by atoms with Crippen LogP contribution >= 0.6 is 0 Å². The highest BCUT2D eigenvalue weighted by Gasteiger charge is 2.49. The SMILES string of the molecule is CC(=O)NCC1OCC2OC(C)(C)OC12. The maximum Gasteiger partial charge on any atom is 0.216 e. The zero-order valence-corrected chi connectivity index (χ0v) is 9.28. The fourth-order valence-corrected chi connectivity index (χ4v) is 2.04. The number of nitrogens with one attached hydrogen (secondary N) is 1. The van der Waals surface area contributed by atoms with Gasteiger partial charge in [0.2, 0.25) is 5.91 Å². The van der Waals surface area contributed by atoms with Crippen LogP contribution in [0.1, 0.15) is 20.8 Å². The van der Waals surface area contributed by atoms with Crippen molar-refractivity contribution >= 4 is 5.91 Å². The van der Waals surface area contributed by atoms with Gasteiger partial charge in [-0.05, 0) is 13.8 Å². The quantitative estimate of drug-likeness (QED) is 0.706. The van der Waals surface area contributed by atoms with E-state index in [1.54, 1.807) is 0 Å². The Kier molecular flexibility index (Phi) is 2.70. The first-order valence-corrected chi connectivity index (χ1v) is 5.19. The Bertz CT molecular complexity index is 266. The fraction of sp³-hybridized carbons (Fsp3) is 0.900. The number of carbonyl (C=O) groups excluding carboxylic acids is 1. The van der Waals surface area contributed by atoms with Gasteiger partial charge in [0.05, 0.1) is 6.61 Å². The van der Waals surface area contributed by atoms with E-state index < -0.39 is 5.79 Å². The van der Waals surface area contributed by atoms with Crippen molar-refractivity contribution in [3.05, 3.63) is 0 Å². The Labute approximate surface area is 89.1 Å². The van der Waals surface area contributed by atoms with Gasteiger partial charge >= 0.3 is 0 Å². The number of fused-ring (bicyclic) bond motifs is 1. The predicted molar refractivity (Wildman–Crippen MR) is 52.2 cm³/mol. The predicted octanol–water partition coefficient (Wildman–Crippen LogP) is 0.0414. The van der Waals surface area contributed by atoms with Crippen molar-refractivity contribution in [2.45, 2.75) is 44.9 Å². The van der Waals surface area contributed by atoms with Gasteiger partial charge in [-0.25, -0.2) is 0 Å². The lowest BCUT2D eigenvalue weighted by Crippen LogP contribution is -2.39. The van der Waals surface area contributed by atoms with Gasteiger partial charge in [-0.1, -0.05) is 0 Å². The summed E-state index contributed by atoms with van der Waals surface area (Å²) in [6.45, 7) is 6.29. The van der Waals surface area contributed by atoms with E-state index in [-0.39, 0.29) is 24.2 Å². The van der Waals surface area contributed by atoms with Crippen LogP contribution in [0.4, 0.5) is 0 Å². The number of hydrogen-bond donors (Lipinski definition) is 1. The first kappa shape index (κ1) is 10.9. The molecule has 0 aromatic carbocycles. The van der Waals surface area contributed by atoms with E-state index in [2.05, 4.69) is 5.32 Å². The van der Waals surface area contributed by atoms with E-state index in [9.17, 15) is 4.79 Å². The van der Waals surface area contributed by atoms with Gasteiger partial charge in [0.25, 0.3) is 0 Å². The highest BCUT2D eigenvalue weighted by Crippen LogP contribution is 2.34. The van der Waals surface area contributed by atoms with Crippen molar-refractivity contribution in [1.29, 1.82) is 0 Å².